The summed E-state index contributed by atoms with van der Waals surface area (Å²) in [6.45, 7) is 10.3. The Morgan fingerprint density at radius 3 is 2.42 bits per heavy atom. The summed E-state index contributed by atoms with van der Waals surface area (Å²) in [5.74, 6) is 0.278. The lowest BCUT2D eigenvalue weighted by Crippen LogP contribution is -1.99. The molecule has 0 aliphatic rings. The zero-order chi connectivity index (χ0) is 14.4. The SMILES string of the molecule is CC(C)=CCC(/C=C(\C)C=O)c1ccc(C)cc1C. The van der Waals surface area contributed by atoms with Crippen LogP contribution in [0.3, 0.4) is 0 Å². The van der Waals surface area contributed by atoms with Crippen molar-refractivity contribution < 1.29 is 4.79 Å². The molecule has 0 aliphatic carbocycles. The first-order chi connectivity index (χ1) is 8.93. The molecule has 0 bridgehead atoms. The average molecular weight is 256 g/mol. The van der Waals surface area contributed by atoms with Crippen molar-refractivity contribution in [1.82, 2.24) is 0 Å². The minimum Gasteiger partial charge on any atom is -0.298 e. The Bertz CT molecular complexity index is 502. The molecule has 1 aromatic carbocycles. The molecule has 0 saturated carbocycles. The predicted octanol–water partition coefficient (Wildman–Crippen LogP) is 4.89. The van der Waals surface area contributed by atoms with Gasteiger partial charge < -0.3 is 0 Å². The first-order valence-corrected chi connectivity index (χ1v) is 6.78. The van der Waals surface area contributed by atoms with E-state index in [2.05, 4.69) is 58.0 Å². The third kappa shape index (κ3) is 4.86. The van der Waals surface area contributed by atoms with Gasteiger partial charge in [0, 0.05) is 5.92 Å². The molecule has 1 nitrogen and oxygen atoms in total. The quantitative estimate of drug-likeness (QED) is 0.416. The van der Waals surface area contributed by atoms with Crippen LogP contribution in [0.1, 0.15) is 49.8 Å². The van der Waals surface area contributed by atoms with Crippen molar-refractivity contribution in [3.8, 4) is 0 Å². The lowest BCUT2D eigenvalue weighted by atomic mass is 9.89. The summed E-state index contributed by atoms with van der Waals surface area (Å²) in [5.41, 5.74) is 5.99. The van der Waals surface area contributed by atoms with Crippen LogP contribution in [0.2, 0.25) is 0 Å². The van der Waals surface area contributed by atoms with Crippen LogP contribution in [-0.2, 0) is 4.79 Å². The number of aryl methyl sites for hydroxylation is 2. The topological polar surface area (TPSA) is 17.1 Å². The minimum atomic E-state index is 0.278. The van der Waals surface area contributed by atoms with E-state index in [9.17, 15) is 4.79 Å². The average Bonchev–Trinajstić information content (AvgIpc) is 2.34. The maximum Gasteiger partial charge on any atom is 0.145 e. The van der Waals surface area contributed by atoms with Gasteiger partial charge in [-0.15, -0.1) is 0 Å². The van der Waals surface area contributed by atoms with Crippen LogP contribution in [-0.4, -0.2) is 6.29 Å². The normalized spacial score (nSPS) is 13.0. The molecule has 0 spiro atoms. The summed E-state index contributed by atoms with van der Waals surface area (Å²) < 4.78 is 0. The molecular weight excluding hydrogens is 232 g/mol. The molecule has 0 heterocycles. The van der Waals surface area contributed by atoms with E-state index < -0.39 is 0 Å². The van der Waals surface area contributed by atoms with Crippen LogP contribution in [0.5, 0.6) is 0 Å². The van der Waals surface area contributed by atoms with Crippen molar-refractivity contribution in [2.75, 3.05) is 0 Å². The van der Waals surface area contributed by atoms with Gasteiger partial charge in [0.25, 0.3) is 0 Å². The van der Waals surface area contributed by atoms with Gasteiger partial charge in [-0.1, -0.05) is 41.5 Å². The molecule has 1 heteroatoms. The third-order valence-corrected chi connectivity index (χ3v) is 3.25. The molecular formula is C18H24O. The fraction of sp³-hybridized carbons (Fsp3) is 0.389. The second kappa shape index (κ2) is 7.08. The fourth-order valence-electron chi connectivity index (χ4n) is 2.25. The first kappa shape index (κ1) is 15.4. The highest BCUT2D eigenvalue weighted by atomic mass is 16.1. The first-order valence-electron chi connectivity index (χ1n) is 6.78. The molecule has 0 N–H and O–H groups in total. The molecule has 1 rings (SSSR count). The summed E-state index contributed by atoms with van der Waals surface area (Å²) >= 11 is 0. The molecule has 102 valence electrons. The van der Waals surface area contributed by atoms with E-state index in [4.69, 9.17) is 0 Å². The number of carbonyl (C=O) groups excluding carboxylic acids is 1. The van der Waals surface area contributed by atoms with Gasteiger partial charge in [-0.05, 0) is 57.7 Å². The molecule has 0 saturated heterocycles. The molecule has 1 aromatic rings. The van der Waals surface area contributed by atoms with E-state index >= 15 is 0 Å². The van der Waals surface area contributed by atoms with Gasteiger partial charge in [0.2, 0.25) is 0 Å². The third-order valence-electron chi connectivity index (χ3n) is 3.25. The van der Waals surface area contributed by atoms with Crippen LogP contribution in [0.4, 0.5) is 0 Å². The Morgan fingerprint density at radius 2 is 1.89 bits per heavy atom. The zero-order valence-electron chi connectivity index (χ0n) is 12.7. The highest BCUT2D eigenvalue weighted by Crippen LogP contribution is 2.27. The molecule has 0 aliphatic heterocycles. The molecule has 19 heavy (non-hydrogen) atoms. The van der Waals surface area contributed by atoms with Crippen molar-refractivity contribution >= 4 is 6.29 Å². The standard InChI is InChI=1S/C18H24O/c1-13(2)6-8-17(11-15(4)12-19)18-9-7-14(3)10-16(18)5/h6-7,9-12,17H,8H2,1-5H3/b15-11+. The van der Waals surface area contributed by atoms with Crippen LogP contribution < -0.4 is 0 Å². The van der Waals surface area contributed by atoms with Crippen molar-refractivity contribution in [2.24, 2.45) is 0 Å². The summed E-state index contributed by atoms with van der Waals surface area (Å²) in [4.78, 5) is 10.9. The summed E-state index contributed by atoms with van der Waals surface area (Å²) in [6.07, 6.45) is 6.18. The van der Waals surface area contributed by atoms with Gasteiger partial charge in [-0.3, -0.25) is 4.79 Å². The Hall–Kier alpha value is -1.63. The van der Waals surface area contributed by atoms with Crippen molar-refractivity contribution in [3.05, 3.63) is 58.2 Å². The van der Waals surface area contributed by atoms with E-state index in [1.54, 1.807) is 0 Å². The zero-order valence-corrected chi connectivity index (χ0v) is 12.7. The van der Waals surface area contributed by atoms with Gasteiger partial charge in [0.1, 0.15) is 6.29 Å². The maximum absolute atomic E-state index is 10.9. The van der Waals surface area contributed by atoms with Gasteiger partial charge in [-0.2, -0.15) is 0 Å². The number of carbonyl (C=O) groups is 1. The number of benzene rings is 1. The monoisotopic (exact) mass is 256 g/mol. The highest BCUT2D eigenvalue weighted by molar-refractivity contribution is 5.72. The van der Waals surface area contributed by atoms with Crippen LogP contribution >= 0.6 is 0 Å². The summed E-state index contributed by atoms with van der Waals surface area (Å²) in [5, 5.41) is 0. The summed E-state index contributed by atoms with van der Waals surface area (Å²) in [7, 11) is 0. The molecule has 1 unspecified atom stereocenters. The molecule has 0 amide bonds. The van der Waals surface area contributed by atoms with E-state index in [1.165, 1.54) is 22.3 Å². The molecule has 0 radical (unpaired) electrons. The van der Waals surface area contributed by atoms with Crippen molar-refractivity contribution in [3.63, 3.8) is 0 Å². The van der Waals surface area contributed by atoms with Crippen LogP contribution in [0.25, 0.3) is 0 Å². The predicted molar refractivity (Wildman–Crippen MR) is 82.5 cm³/mol. The molecule has 0 fully saturated rings. The number of aldehydes is 1. The lowest BCUT2D eigenvalue weighted by Gasteiger charge is -2.16. The number of rotatable bonds is 5. The highest BCUT2D eigenvalue weighted by Gasteiger charge is 2.10. The maximum atomic E-state index is 10.9. The van der Waals surface area contributed by atoms with Crippen molar-refractivity contribution in [1.29, 1.82) is 0 Å². The van der Waals surface area contributed by atoms with E-state index in [0.29, 0.717) is 0 Å². The fourth-order valence-corrected chi connectivity index (χ4v) is 2.25. The summed E-state index contributed by atoms with van der Waals surface area (Å²) in [6, 6.07) is 6.53. The van der Waals surface area contributed by atoms with Crippen LogP contribution in [0.15, 0.2) is 41.5 Å². The Labute approximate surface area is 117 Å². The molecule has 1 atom stereocenters. The smallest absolute Gasteiger partial charge is 0.145 e. The van der Waals surface area contributed by atoms with Crippen LogP contribution in [0, 0.1) is 13.8 Å². The van der Waals surface area contributed by atoms with Gasteiger partial charge in [0.15, 0.2) is 0 Å². The Morgan fingerprint density at radius 1 is 1.21 bits per heavy atom. The second-order valence-corrected chi connectivity index (χ2v) is 5.51. The lowest BCUT2D eigenvalue weighted by molar-refractivity contribution is -0.104. The van der Waals surface area contributed by atoms with Gasteiger partial charge in [-0.25, -0.2) is 0 Å². The van der Waals surface area contributed by atoms with E-state index in [0.717, 1.165) is 18.3 Å². The largest absolute Gasteiger partial charge is 0.298 e. The number of allylic oxidation sites excluding steroid dienone is 4. The van der Waals surface area contributed by atoms with E-state index in [-0.39, 0.29) is 5.92 Å². The number of hydrogen-bond acceptors (Lipinski definition) is 1. The minimum absolute atomic E-state index is 0.278. The van der Waals surface area contributed by atoms with Crippen molar-refractivity contribution in [2.45, 2.75) is 47.0 Å². The number of hydrogen-bond donors (Lipinski definition) is 0. The van der Waals surface area contributed by atoms with E-state index in [1.807, 2.05) is 6.92 Å². The molecule has 0 aromatic heterocycles. The Kier molecular flexibility index (Phi) is 5.75. The second-order valence-electron chi connectivity index (χ2n) is 5.51. The van der Waals surface area contributed by atoms with Gasteiger partial charge in [0.05, 0.1) is 0 Å². The van der Waals surface area contributed by atoms with Gasteiger partial charge >= 0.3 is 0 Å². The Balaban J connectivity index is 3.14.